The van der Waals surface area contributed by atoms with E-state index < -0.39 is 0 Å². The lowest BCUT2D eigenvalue weighted by Gasteiger charge is -2.21. The van der Waals surface area contributed by atoms with Gasteiger partial charge in [0.15, 0.2) is 16.6 Å². The normalized spacial score (nSPS) is 17.0. The largest absolute Gasteiger partial charge is 0.493 e. The molecule has 0 radical (unpaired) electrons. The third-order valence-electron chi connectivity index (χ3n) is 4.58. The van der Waals surface area contributed by atoms with Gasteiger partial charge < -0.3 is 19.5 Å². The van der Waals surface area contributed by atoms with Gasteiger partial charge in [-0.2, -0.15) is 0 Å². The fourth-order valence-electron chi connectivity index (χ4n) is 3.21. The standard InChI is InChI=1S/C18H21N3O4S/c1-23-13-8-12(9-14-16(13)25-7-6-24-14)17(22)21-18-20-10-15(26-18)11-2-4-19-5-3-11/h8-11,19H,2-7H2,1H3,(H,20,21,22). The number of hydrogen-bond donors (Lipinski definition) is 2. The first-order chi connectivity index (χ1) is 12.7. The van der Waals surface area contributed by atoms with Crippen molar-refractivity contribution in [1.82, 2.24) is 10.3 Å². The number of fused-ring (bicyclic) bond motifs is 1. The van der Waals surface area contributed by atoms with E-state index in [1.165, 1.54) is 4.88 Å². The van der Waals surface area contributed by atoms with Gasteiger partial charge in [0.1, 0.15) is 13.2 Å². The fourth-order valence-corrected chi connectivity index (χ4v) is 4.19. The number of hydrogen-bond acceptors (Lipinski definition) is 7. The van der Waals surface area contributed by atoms with E-state index in [-0.39, 0.29) is 5.91 Å². The van der Waals surface area contributed by atoms with Gasteiger partial charge in [0.2, 0.25) is 5.75 Å². The number of amides is 1. The molecule has 4 rings (SSSR count). The Balaban J connectivity index is 1.50. The Morgan fingerprint density at radius 2 is 2.12 bits per heavy atom. The number of carbonyl (C=O) groups excluding carboxylic acids is 1. The SMILES string of the molecule is COc1cc(C(=O)Nc2ncc(C3CCNCC3)s2)cc2c1OCCO2. The van der Waals surface area contributed by atoms with Gasteiger partial charge in [-0.15, -0.1) is 11.3 Å². The highest BCUT2D eigenvalue weighted by atomic mass is 32.1. The molecule has 2 aromatic rings. The molecule has 138 valence electrons. The molecule has 0 unspecified atom stereocenters. The van der Waals surface area contributed by atoms with Crippen LogP contribution in [0.5, 0.6) is 17.2 Å². The minimum atomic E-state index is -0.244. The van der Waals surface area contributed by atoms with E-state index >= 15 is 0 Å². The number of carbonyl (C=O) groups is 1. The highest BCUT2D eigenvalue weighted by Gasteiger charge is 2.22. The third kappa shape index (κ3) is 3.47. The number of aromatic nitrogens is 1. The maximum Gasteiger partial charge on any atom is 0.257 e. The van der Waals surface area contributed by atoms with Crippen LogP contribution in [0.3, 0.4) is 0 Å². The van der Waals surface area contributed by atoms with Crippen LogP contribution >= 0.6 is 11.3 Å². The fraction of sp³-hybridized carbons (Fsp3) is 0.444. The molecule has 2 N–H and O–H groups in total. The monoisotopic (exact) mass is 375 g/mol. The molecule has 1 aromatic carbocycles. The van der Waals surface area contributed by atoms with Gasteiger partial charge in [0, 0.05) is 16.6 Å². The Kier molecular flexibility index (Phi) is 4.94. The molecule has 2 aliphatic heterocycles. The van der Waals surface area contributed by atoms with Crippen molar-refractivity contribution >= 4 is 22.4 Å². The minimum Gasteiger partial charge on any atom is -0.493 e. The number of methoxy groups -OCH3 is 1. The number of ether oxygens (including phenoxy) is 3. The van der Waals surface area contributed by atoms with Crippen LogP contribution in [0.4, 0.5) is 5.13 Å². The summed E-state index contributed by atoms with van der Waals surface area (Å²) in [4.78, 5) is 18.2. The summed E-state index contributed by atoms with van der Waals surface area (Å²) in [6.07, 6.45) is 4.09. The molecule has 3 heterocycles. The Bertz CT molecular complexity index is 784. The van der Waals surface area contributed by atoms with Crippen LogP contribution in [-0.2, 0) is 0 Å². The summed E-state index contributed by atoms with van der Waals surface area (Å²) >= 11 is 1.54. The molecule has 2 aliphatic rings. The van der Waals surface area contributed by atoms with Crippen LogP contribution in [0.2, 0.25) is 0 Å². The van der Waals surface area contributed by atoms with Gasteiger partial charge >= 0.3 is 0 Å². The predicted octanol–water partition coefficient (Wildman–Crippen LogP) is 2.64. The Morgan fingerprint density at radius 3 is 2.92 bits per heavy atom. The smallest absolute Gasteiger partial charge is 0.257 e. The van der Waals surface area contributed by atoms with Gasteiger partial charge in [-0.05, 0) is 44.0 Å². The maximum absolute atomic E-state index is 12.6. The summed E-state index contributed by atoms with van der Waals surface area (Å²) in [6.45, 7) is 2.98. The molecule has 7 nitrogen and oxygen atoms in total. The van der Waals surface area contributed by atoms with E-state index in [0.717, 1.165) is 25.9 Å². The summed E-state index contributed by atoms with van der Waals surface area (Å²) in [5.41, 5.74) is 0.449. The molecular formula is C18H21N3O4S. The average molecular weight is 375 g/mol. The zero-order chi connectivity index (χ0) is 17.9. The van der Waals surface area contributed by atoms with Crippen molar-refractivity contribution in [3.8, 4) is 17.2 Å². The second-order valence-electron chi connectivity index (χ2n) is 6.25. The van der Waals surface area contributed by atoms with E-state index in [1.54, 1.807) is 30.6 Å². The first kappa shape index (κ1) is 17.1. The van der Waals surface area contributed by atoms with E-state index in [9.17, 15) is 4.79 Å². The number of nitrogens with zero attached hydrogens (tertiary/aromatic N) is 1. The predicted molar refractivity (Wildman–Crippen MR) is 98.9 cm³/mol. The van der Waals surface area contributed by atoms with Crippen LogP contribution in [0.25, 0.3) is 0 Å². The van der Waals surface area contributed by atoms with Gasteiger partial charge in [-0.1, -0.05) is 0 Å². The summed E-state index contributed by atoms with van der Waals surface area (Å²) in [6, 6.07) is 3.33. The van der Waals surface area contributed by atoms with Crippen molar-refractivity contribution in [2.45, 2.75) is 18.8 Å². The minimum absolute atomic E-state index is 0.244. The lowest BCUT2D eigenvalue weighted by molar-refractivity contribution is 0.102. The van der Waals surface area contributed by atoms with E-state index in [4.69, 9.17) is 14.2 Å². The molecule has 0 spiro atoms. The Hall–Kier alpha value is -2.32. The molecule has 8 heteroatoms. The van der Waals surface area contributed by atoms with Crippen molar-refractivity contribution in [2.75, 3.05) is 38.7 Å². The highest BCUT2D eigenvalue weighted by Crippen LogP contribution is 2.40. The molecule has 1 amide bonds. The Morgan fingerprint density at radius 1 is 1.31 bits per heavy atom. The average Bonchev–Trinajstić information content (AvgIpc) is 3.16. The maximum atomic E-state index is 12.6. The van der Waals surface area contributed by atoms with Crippen LogP contribution in [0.15, 0.2) is 18.3 Å². The van der Waals surface area contributed by atoms with E-state index in [2.05, 4.69) is 15.6 Å². The van der Waals surface area contributed by atoms with Crippen LogP contribution < -0.4 is 24.8 Å². The molecule has 1 aromatic heterocycles. The number of thiazole rings is 1. The number of rotatable bonds is 4. The summed E-state index contributed by atoms with van der Waals surface area (Å²) in [5, 5.41) is 6.85. The number of nitrogens with one attached hydrogen (secondary N) is 2. The molecular weight excluding hydrogens is 354 g/mol. The zero-order valence-electron chi connectivity index (χ0n) is 14.5. The number of anilines is 1. The second kappa shape index (κ2) is 7.51. The lowest BCUT2D eigenvalue weighted by atomic mass is 9.97. The first-order valence-electron chi connectivity index (χ1n) is 8.70. The second-order valence-corrected chi connectivity index (χ2v) is 7.31. The molecule has 0 saturated carbocycles. The van der Waals surface area contributed by atoms with Crippen molar-refractivity contribution in [2.24, 2.45) is 0 Å². The lowest BCUT2D eigenvalue weighted by Crippen LogP contribution is -2.26. The van der Waals surface area contributed by atoms with Crippen molar-refractivity contribution in [3.63, 3.8) is 0 Å². The molecule has 26 heavy (non-hydrogen) atoms. The molecule has 0 atom stereocenters. The van der Waals surface area contributed by atoms with Gasteiger partial charge in [-0.3, -0.25) is 10.1 Å². The number of piperidine rings is 1. The number of benzene rings is 1. The highest BCUT2D eigenvalue weighted by molar-refractivity contribution is 7.15. The van der Waals surface area contributed by atoms with E-state index in [0.29, 0.717) is 47.1 Å². The van der Waals surface area contributed by atoms with Gasteiger partial charge in [-0.25, -0.2) is 4.98 Å². The topological polar surface area (TPSA) is 81.7 Å². The first-order valence-corrected chi connectivity index (χ1v) is 9.51. The van der Waals surface area contributed by atoms with Crippen LogP contribution in [0, 0.1) is 0 Å². The summed E-state index contributed by atoms with van der Waals surface area (Å²) < 4.78 is 16.5. The third-order valence-corrected chi connectivity index (χ3v) is 5.65. The van der Waals surface area contributed by atoms with Crippen molar-refractivity contribution in [3.05, 3.63) is 28.8 Å². The summed E-state index contributed by atoms with van der Waals surface area (Å²) in [7, 11) is 1.54. The Labute approximate surface area is 155 Å². The zero-order valence-corrected chi connectivity index (χ0v) is 15.4. The van der Waals surface area contributed by atoms with Crippen LogP contribution in [0.1, 0.15) is 34.0 Å². The van der Waals surface area contributed by atoms with Gasteiger partial charge in [0.05, 0.1) is 7.11 Å². The van der Waals surface area contributed by atoms with Crippen LogP contribution in [-0.4, -0.2) is 44.3 Å². The quantitative estimate of drug-likeness (QED) is 0.855. The van der Waals surface area contributed by atoms with Gasteiger partial charge in [0.25, 0.3) is 5.91 Å². The molecule has 0 aliphatic carbocycles. The molecule has 1 saturated heterocycles. The van der Waals surface area contributed by atoms with Crippen molar-refractivity contribution < 1.29 is 19.0 Å². The van der Waals surface area contributed by atoms with E-state index in [1.807, 2.05) is 6.20 Å². The summed E-state index contributed by atoms with van der Waals surface area (Å²) in [5.74, 6) is 1.83. The molecule has 0 bridgehead atoms. The molecule has 1 fully saturated rings. The van der Waals surface area contributed by atoms with Crippen molar-refractivity contribution in [1.29, 1.82) is 0 Å².